The summed E-state index contributed by atoms with van der Waals surface area (Å²) < 4.78 is 2.01. The molecule has 0 unspecified atom stereocenters. The minimum Gasteiger partial charge on any atom is -0.305 e. The number of fused-ring (bicyclic) bond motifs is 1. The third-order valence-corrected chi connectivity index (χ3v) is 4.69. The maximum Gasteiger partial charge on any atom is 0.277 e. The molecule has 2 aromatic heterocycles. The lowest BCUT2D eigenvalue weighted by atomic mass is 10.2. The number of nitrogens with zero attached hydrogens (tertiary/aromatic N) is 3. The lowest BCUT2D eigenvalue weighted by Crippen LogP contribution is -2.15. The fourth-order valence-electron chi connectivity index (χ4n) is 3.34. The van der Waals surface area contributed by atoms with Crippen LogP contribution in [0.15, 0.2) is 60.7 Å². The fraction of sp³-hybridized carbons (Fsp3) is 0.136. The molecule has 2 heterocycles. The number of hydrogen-bond donors (Lipinski definition) is 1. The Morgan fingerprint density at radius 1 is 0.889 bits per heavy atom. The zero-order chi connectivity index (χ0) is 19.0. The fourth-order valence-corrected chi connectivity index (χ4v) is 3.34. The van der Waals surface area contributed by atoms with E-state index >= 15 is 0 Å². The highest BCUT2D eigenvalue weighted by Crippen LogP contribution is 2.22. The third kappa shape index (κ3) is 3.08. The molecule has 0 spiro atoms. The molecule has 0 aliphatic rings. The molecule has 5 heteroatoms. The Bertz CT molecular complexity index is 1160. The van der Waals surface area contributed by atoms with E-state index in [1.807, 2.05) is 79.9 Å². The average Bonchev–Trinajstić information content (AvgIpc) is 2.96. The average molecular weight is 356 g/mol. The summed E-state index contributed by atoms with van der Waals surface area (Å²) in [6.07, 6.45) is 0. The van der Waals surface area contributed by atoms with Crippen LogP contribution in [-0.4, -0.2) is 20.4 Å². The molecule has 1 amide bonds. The van der Waals surface area contributed by atoms with E-state index in [1.54, 1.807) is 6.07 Å². The van der Waals surface area contributed by atoms with Crippen LogP contribution in [0.2, 0.25) is 0 Å². The van der Waals surface area contributed by atoms with E-state index in [4.69, 9.17) is 0 Å². The van der Waals surface area contributed by atoms with E-state index in [-0.39, 0.29) is 5.91 Å². The van der Waals surface area contributed by atoms with Gasteiger partial charge in [0.1, 0.15) is 17.3 Å². The molecule has 2 aromatic carbocycles. The van der Waals surface area contributed by atoms with E-state index in [2.05, 4.69) is 15.3 Å². The second kappa shape index (κ2) is 6.68. The van der Waals surface area contributed by atoms with E-state index in [1.165, 1.54) is 0 Å². The largest absolute Gasteiger partial charge is 0.305 e. The molecule has 0 fully saturated rings. The monoisotopic (exact) mass is 356 g/mol. The standard InChI is InChI=1S/C22H20N4O/c1-14-8-4-7-11-19(14)26-15(2)21(23-16(26)3)22(27)25-20-13-12-17-9-5-6-10-18(17)24-20/h4-13H,1-3H3,(H,24,25,27). The Hall–Kier alpha value is -3.47. The van der Waals surface area contributed by atoms with Gasteiger partial charge in [-0.25, -0.2) is 9.97 Å². The molecule has 0 bridgehead atoms. The molecule has 0 radical (unpaired) electrons. The van der Waals surface area contributed by atoms with Crippen LogP contribution in [0, 0.1) is 20.8 Å². The molecule has 0 saturated heterocycles. The lowest BCUT2D eigenvalue weighted by Gasteiger charge is -2.11. The molecule has 0 aliphatic heterocycles. The van der Waals surface area contributed by atoms with Crippen LogP contribution in [0.5, 0.6) is 0 Å². The molecule has 134 valence electrons. The molecular weight excluding hydrogens is 336 g/mol. The highest BCUT2D eigenvalue weighted by atomic mass is 16.2. The van der Waals surface area contributed by atoms with Crippen molar-refractivity contribution < 1.29 is 4.79 Å². The zero-order valence-corrected chi connectivity index (χ0v) is 15.5. The molecule has 4 aromatic rings. The molecule has 0 atom stereocenters. The second-order valence-corrected chi connectivity index (χ2v) is 6.56. The van der Waals surface area contributed by atoms with E-state index < -0.39 is 0 Å². The van der Waals surface area contributed by atoms with Gasteiger partial charge in [-0.05, 0) is 50.6 Å². The van der Waals surface area contributed by atoms with Gasteiger partial charge in [-0.3, -0.25) is 4.79 Å². The number of imidazole rings is 1. The number of aromatic nitrogens is 3. The first-order valence-corrected chi connectivity index (χ1v) is 8.83. The highest BCUT2D eigenvalue weighted by molar-refractivity contribution is 6.03. The van der Waals surface area contributed by atoms with Crippen LogP contribution in [-0.2, 0) is 0 Å². The summed E-state index contributed by atoms with van der Waals surface area (Å²) in [5.41, 5.74) is 4.21. The first-order chi connectivity index (χ1) is 13.0. The predicted molar refractivity (Wildman–Crippen MR) is 107 cm³/mol. The second-order valence-electron chi connectivity index (χ2n) is 6.56. The van der Waals surface area contributed by atoms with Crippen molar-refractivity contribution in [3.05, 3.63) is 83.4 Å². The number of amides is 1. The van der Waals surface area contributed by atoms with Gasteiger partial charge in [-0.1, -0.05) is 36.4 Å². The molecule has 27 heavy (non-hydrogen) atoms. The van der Waals surface area contributed by atoms with Gasteiger partial charge in [0.05, 0.1) is 11.2 Å². The van der Waals surface area contributed by atoms with Crippen molar-refractivity contribution in [2.75, 3.05) is 5.32 Å². The molecule has 5 nitrogen and oxygen atoms in total. The normalized spacial score (nSPS) is 10.9. The quantitative estimate of drug-likeness (QED) is 0.584. The van der Waals surface area contributed by atoms with Crippen molar-refractivity contribution in [3.8, 4) is 5.69 Å². The van der Waals surface area contributed by atoms with Crippen LogP contribution < -0.4 is 5.32 Å². The first kappa shape index (κ1) is 17.0. The van der Waals surface area contributed by atoms with Crippen LogP contribution in [0.1, 0.15) is 27.6 Å². The Labute approximate surface area is 157 Å². The smallest absolute Gasteiger partial charge is 0.277 e. The third-order valence-electron chi connectivity index (χ3n) is 4.69. The summed E-state index contributed by atoms with van der Waals surface area (Å²) in [4.78, 5) is 21.8. The molecule has 4 rings (SSSR count). The van der Waals surface area contributed by atoms with E-state index in [9.17, 15) is 4.79 Å². The lowest BCUT2D eigenvalue weighted by molar-refractivity contribution is 0.102. The van der Waals surface area contributed by atoms with Gasteiger partial charge in [-0.15, -0.1) is 0 Å². The van der Waals surface area contributed by atoms with Crippen LogP contribution >= 0.6 is 0 Å². The van der Waals surface area contributed by atoms with Crippen LogP contribution in [0.4, 0.5) is 5.82 Å². The van der Waals surface area contributed by atoms with Crippen LogP contribution in [0.3, 0.4) is 0 Å². The predicted octanol–water partition coefficient (Wildman–Crippen LogP) is 4.60. The molecule has 0 aliphatic carbocycles. The van der Waals surface area contributed by atoms with Crippen LogP contribution in [0.25, 0.3) is 16.6 Å². The summed E-state index contributed by atoms with van der Waals surface area (Å²) >= 11 is 0. The van der Waals surface area contributed by atoms with Gasteiger partial charge < -0.3 is 9.88 Å². The van der Waals surface area contributed by atoms with E-state index in [0.717, 1.165) is 33.7 Å². The molecular formula is C22H20N4O. The maximum atomic E-state index is 12.8. The number of pyridine rings is 1. The number of nitrogens with one attached hydrogen (secondary N) is 1. The topological polar surface area (TPSA) is 59.8 Å². The number of rotatable bonds is 3. The highest BCUT2D eigenvalue weighted by Gasteiger charge is 2.19. The summed E-state index contributed by atoms with van der Waals surface area (Å²) in [6, 6.07) is 19.6. The number of anilines is 1. The SMILES string of the molecule is Cc1ccccc1-n1c(C)nc(C(=O)Nc2ccc3ccccc3n2)c1C. The zero-order valence-electron chi connectivity index (χ0n) is 15.5. The van der Waals surface area contributed by atoms with Crippen molar-refractivity contribution in [3.63, 3.8) is 0 Å². The van der Waals surface area contributed by atoms with Gasteiger partial charge in [0.15, 0.2) is 0 Å². The number of hydrogen-bond acceptors (Lipinski definition) is 3. The Kier molecular flexibility index (Phi) is 4.20. The molecule has 0 saturated carbocycles. The van der Waals surface area contributed by atoms with Crippen molar-refractivity contribution in [1.29, 1.82) is 0 Å². The Balaban J connectivity index is 1.68. The van der Waals surface area contributed by atoms with E-state index in [0.29, 0.717) is 11.5 Å². The summed E-state index contributed by atoms with van der Waals surface area (Å²) in [5.74, 6) is 1.03. The van der Waals surface area contributed by atoms with Gasteiger partial charge >= 0.3 is 0 Å². The molecule has 1 N–H and O–H groups in total. The number of aryl methyl sites for hydroxylation is 2. The van der Waals surface area contributed by atoms with Gasteiger partial charge in [-0.2, -0.15) is 0 Å². The first-order valence-electron chi connectivity index (χ1n) is 8.83. The minimum absolute atomic E-state index is 0.259. The van der Waals surface area contributed by atoms with Gasteiger partial charge in [0.25, 0.3) is 5.91 Å². The summed E-state index contributed by atoms with van der Waals surface area (Å²) in [6.45, 7) is 5.87. The number of para-hydroxylation sites is 2. The van der Waals surface area contributed by atoms with Crippen molar-refractivity contribution in [2.45, 2.75) is 20.8 Å². The van der Waals surface area contributed by atoms with Crippen molar-refractivity contribution in [2.24, 2.45) is 0 Å². The summed E-state index contributed by atoms with van der Waals surface area (Å²) in [5, 5.41) is 3.91. The van der Waals surface area contributed by atoms with Crippen molar-refractivity contribution in [1.82, 2.24) is 14.5 Å². The van der Waals surface area contributed by atoms with Gasteiger partial charge in [0.2, 0.25) is 0 Å². The summed E-state index contributed by atoms with van der Waals surface area (Å²) in [7, 11) is 0. The number of carbonyl (C=O) groups is 1. The van der Waals surface area contributed by atoms with Crippen molar-refractivity contribution >= 4 is 22.6 Å². The Morgan fingerprint density at radius 3 is 2.44 bits per heavy atom. The minimum atomic E-state index is -0.259. The van der Waals surface area contributed by atoms with Gasteiger partial charge in [0, 0.05) is 11.1 Å². The number of benzene rings is 2. The maximum absolute atomic E-state index is 12.8. The number of carbonyl (C=O) groups excluding carboxylic acids is 1. The Morgan fingerprint density at radius 2 is 1.63 bits per heavy atom.